The van der Waals surface area contributed by atoms with E-state index in [1.165, 1.54) is 18.3 Å². The molecule has 2 aromatic heterocycles. The van der Waals surface area contributed by atoms with Crippen LogP contribution in [0.3, 0.4) is 0 Å². The molecule has 3 unspecified atom stereocenters. The van der Waals surface area contributed by atoms with E-state index in [9.17, 15) is 14.3 Å². The summed E-state index contributed by atoms with van der Waals surface area (Å²) >= 11 is 1.52. The van der Waals surface area contributed by atoms with Crippen molar-refractivity contribution in [1.82, 2.24) is 14.9 Å². The summed E-state index contributed by atoms with van der Waals surface area (Å²) in [5, 5.41) is 10.2. The number of rotatable bonds is 6. The molecular formula is C20H26FN3O3S. The molecule has 0 amide bonds. The van der Waals surface area contributed by atoms with Crippen molar-refractivity contribution in [2.75, 3.05) is 13.1 Å². The lowest BCUT2D eigenvalue weighted by atomic mass is 9.89. The molecule has 0 aliphatic carbocycles. The third kappa shape index (κ3) is 4.50. The number of nitrogens with zero attached hydrogens (tertiary/aromatic N) is 3. The van der Waals surface area contributed by atoms with Crippen LogP contribution in [0, 0.1) is 18.8 Å². The number of aromatic nitrogens is 2. The van der Waals surface area contributed by atoms with Crippen LogP contribution in [0.1, 0.15) is 43.8 Å². The van der Waals surface area contributed by atoms with Crippen LogP contribution in [0.15, 0.2) is 18.3 Å². The number of aliphatic carboxylic acids is 1. The molecule has 28 heavy (non-hydrogen) atoms. The molecule has 1 aliphatic heterocycles. The predicted molar refractivity (Wildman–Crippen MR) is 106 cm³/mol. The zero-order valence-corrected chi connectivity index (χ0v) is 17.4. The lowest BCUT2D eigenvalue weighted by molar-refractivity contribution is -0.144. The number of carbonyl (C=O) groups is 1. The number of likely N-dealkylation sites (tertiary alicyclic amines) is 1. The van der Waals surface area contributed by atoms with E-state index in [1.807, 2.05) is 13.0 Å². The molecule has 2 aromatic rings. The summed E-state index contributed by atoms with van der Waals surface area (Å²) in [7, 11) is 0. The van der Waals surface area contributed by atoms with Gasteiger partial charge in [-0.25, -0.2) is 14.4 Å². The van der Waals surface area contributed by atoms with Crippen molar-refractivity contribution in [3.8, 4) is 16.5 Å². The first kappa shape index (κ1) is 20.7. The van der Waals surface area contributed by atoms with Gasteiger partial charge in [0.25, 0.3) is 0 Å². The number of carboxylic acid groups (broad SMARTS) is 1. The number of aryl methyl sites for hydroxylation is 1. The minimum atomic E-state index is -1.46. The van der Waals surface area contributed by atoms with E-state index >= 15 is 0 Å². The molecule has 1 aliphatic rings. The topological polar surface area (TPSA) is 75.6 Å². The van der Waals surface area contributed by atoms with Crippen molar-refractivity contribution in [3.05, 3.63) is 28.9 Å². The summed E-state index contributed by atoms with van der Waals surface area (Å²) in [6.45, 7) is 8.84. The number of ether oxygens (including phenoxy) is 1. The van der Waals surface area contributed by atoms with Gasteiger partial charge in [0.2, 0.25) is 12.2 Å². The van der Waals surface area contributed by atoms with Gasteiger partial charge in [-0.1, -0.05) is 6.92 Å². The molecule has 1 fully saturated rings. The molecule has 0 bridgehead atoms. The molecule has 1 N–H and O–H groups in total. The van der Waals surface area contributed by atoms with Crippen molar-refractivity contribution in [3.63, 3.8) is 0 Å². The minimum Gasteiger partial charge on any atom is -0.481 e. The smallest absolute Gasteiger partial charge is 0.307 e. The number of thiazole rings is 1. The fourth-order valence-electron chi connectivity index (χ4n) is 3.77. The maximum absolute atomic E-state index is 13.3. The summed E-state index contributed by atoms with van der Waals surface area (Å²) in [4.78, 5) is 23.6. The highest BCUT2D eigenvalue weighted by Gasteiger charge is 2.33. The van der Waals surface area contributed by atoms with Crippen molar-refractivity contribution in [2.24, 2.45) is 11.8 Å². The first-order chi connectivity index (χ1) is 13.3. The fraction of sp³-hybridized carbons (Fsp3) is 0.550. The molecular weight excluding hydrogens is 381 g/mol. The average molecular weight is 408 g/mol. The molecule has 0 aromatic carbocycles. The number of halogens is 1. The zero-order chi connectivity index (χ0) is 20.4. The minimum absolute atomic E-state index is 0.0528. The van der Waals surface area contributed by atoms with E-state index in [4.69, 9.17) is 4.74 Å². The third-order valence-electron chi connectivity index (χ3n) is 5.07. The Morgan fingerprint density at radius 2 is 2.18 bits per heavy atom. The Balaban J connectivity index is 1.87. The van der Waals surface area contributed by atoms with Gasteiger partial charge in [-0.2, -0.15) is 0 Å². The van der Waals surface area contributed by atoms with Gasteiger partial charge in [0.15, 0.2) is 0 Å². The van der Waals surface area contributed by atoms with E-state index in [0.717, 1.165) is 22.1 Å². The first-order valence-corrected chi connectivity index (χ1v) is 10.3. The van der Waals surface area contributed by atoms with E-state index in [2.05, 4.69) is 28.7 Å². The predicted octanol–water partition coefficient (Wildman–Crippen LogP) is 4.31. The number of alkyl halides is 1. The van der Waals surface area contributed by atoms with Gasteiger partial charge in [-0.05, 0) is 38.3 Å². The van der Waals surface area contributed by atoms with Crippen molar-refractivity contribution in [2.45, 2.75) is 46.5 Å². The molecule has 1 saturated heterocycles. The van der Waals surface area contributed by atoms with Gasteiger partial charge in [0.05, 0.1) is 17.2 Å². The second kappa shape index (κ2) is 8.53. The second-order valence-corrected chi connectivity index (χ2v) is 8.52. The molecule has 0 saturated carbocycles. The van der Waals surface area contributed by atoms with Gasteiger partial charge >= 0.3 is 5.97 Å². The molecule has 3 heterocycles. The van der Waals surface area contributed by atoms with Crippen LogP contribution in [0.5, 0.6) is 5.88 Å². The summed E-state index contributed by atoms with van der Waals surface area (Å²) in [6.07, 6.45) is 0.811. The van der Waals surface area contributed by atoms with Gasteiger partial charge in [-0.15, -0.1) is 11.3 Å². The maximum Gasteiger partial charge on any atom is 0.307 e. The number of carboxylic acids is 1. The number of hydrogen-bond donors (Lipinski definition) is 1. The summed E-state index contributed by atoms with van der Waals surface area (Å²) in [5.74, 6) is -0.524. The maximum atomic E-state index is 13.3. The molecule has 0 spiro atoms. The third-order valence-corrected chi connectivity index (χ3v) is 6.43. The first-order valence-electron chi connectivity index (χ1n) is 9.46. The second-order valence-electron chi connectivity index (χ2n) is 7.49. The highest BCUT2D eigenvalue weighted by atomic mass is 32.1. The van der Waals surface area contributed by atoms with E-state index in [1.54, 1.807) is 12.3 Å². The van der Waals surface area contributed by atoms with Gasteiger partial charge < -0.3 is 9.84 Å². The standard InChI is InChI=1S/C20H26FN3O3S/c1-11-8-15(20(25)26)10-24(9-11)13(3)17-12(2)23-19(28-17)16-6-5-7-22-18(16)27-14(4)21/h5-7,11,13-15H,8-10H2,1-4H3,(H,25,26)/t11?,13?,14?,15-/m1/s1. The van der Waals surface area contributed by atoms with E-state index in [-0.39, 0.29) is 17.8 Å². The molecule has 6 nitrogen and oxygen atoms in total. The Labute approximate surface area is 168 Å². The van der Waals surface area contributed by atoms with Crippen LogP contribution in [0.4, 0.5) is 4.39 Å². The van der Waals surface area contributed by atoms with Crippen molar-refractivity contribution < 1.29 is 19.0 Å². The Morgan fingerprint density at radius 3 is 2.86 bits per heavy atom. The van der Waals surface area contributed by atoms with Gasteiger partial charge in [-0.3, -0.25) is 9.69 Å². The number of pyridine rings is 1. The normalized spacial score (nSPS) is 22.6. The Bertz CT molecular complexity index is 842. The lowest BCUT2D eigenvalue weighted by Crippen LogP contribution is -2.43. The van der Waals surface area contributed by atoms with Crippen LogP contribution in [-0.4, -0.2) is 45.4 Å². The fourth-order valence-corrected chi connectivity index (χ4v) is 4.94. The molecule has 152 valence electrons. The van der Waals surface area contributed by atoms with Crippen LogP contribution >= 0.6 is 11.3 Å². The number of hydrogen-bond acceptors (Lipinski definition) is 6. The monoisotopic (exact) mass is 407 g/mol. The van der Waals surface area contributed by atoms with E-state index in [0.29, 0.717) is 24.4 Å². The summed E-state index contributed by atoms with van der Waals surface area (Å²) in [6, 6.07) is 3.65. The van der Waals surface area contributed by atoms with Gasteiger partial charge in [0, 0.05) is 37.1 Å². The SMILES string of the molecule is Cc1nc(-c2cccnc2OC(C)F)sc1C(C)N1CC(C)C[C@@H](C(=O)O)C1. The molecule has 0 radical (unpaired) electrons. The van der Waals surface area contributed by atoms with Crippen LogP contribution < -0.4 is 4.74 Å². The molecule has 4 atom stereocenters. The highest BCUT2D eigenvalue weighted by Crippen LogP contribution is 2.39. The average Bonchev–Trinajstić information content (AvgIpc) is 3.02. The Kier molecular flexibility index (Phi) is 6.30. The van der Waals surface area contributed by atoms with Crippen LogP contribution in [0.2, 0.25) is 0 Å². The van der Waals surface area contributed by atoms with Crippen LogP contribution in [-0.2, 0) is 4.79 Å². The highest BCUT2D eigenvalue weighted by molar-refractivity contribution is 7.15. The quantitative estimate of drug-likeness (QED) is 0.769. The Hall–Kier alpha value is -2.06. The molecule has 3 rings (SSSR count). The Morgan fingerprint density at radius 1 is 1.43 bits per heavy atom. The lowest BCUT2D eigenvalue weighted by Gasteiger charge is -2.38. The largest absolute Gasteiger partial charge is 0.481 e. The van der Waals surface area contributed by atoms with Crippen molar-refractivity contribution in [1.29, 1.82) is 0 Å². The van der Waals surface area contributed by atoms with Gasteiger partial charge in [0.1, 0.15) is 5.01 Å². The zero-order valence-electron chi connectivity index (χ0n) is 16.6. The number of piperidine rings is 1. The van der Waals surface area contributed by atoms with E-state index < -0.39 is 12.3 Å². The summed E-state index contributed by atoms with van der Waals surface area (Å²) < 4.78 is 18.5. The molecule has 8 heteroatoms. The van der Waals surface area contributed by atoms with Crippen LogP contribution in [0.25, 0.3) is 10.6 Å². The summed E-state index contributed by atoms with van der Waals surface area (Å²) in [5.41, 5.74) is 1.55. The van der Waals surface area contributed by atoms with Crippen molar-refractivity contribution >= 4 is 17.3 Å².